The van der Waals surface area contributed by atoms with Crippen LogP contribution in [0, 0.1) is 11.3 Å². The van der Waals surface area contributed by atoms with Crippen LogP contribution in [-0.2, 0) is 4.74 Å². The summed E-state index contributed by atoms with van der Waals surface area (Å²) < 4.78 is 5.79. The monoisotopic (exact) mass is 239 g/mol. The summed E-state index contributed by atoms with van der Waals surface area (Å²) in [4.78, 5) is 0. The molecule has 0 aromatic heterocycles. The van der Waals surface area contributed by atoms with Gasteiger partial charge in [0.05, 0.1) is 5.60 Å². The van der Waals surface area contributed by atoms with Crippen molar-refractivity contribution >= 4 is 0 Å². The maximum Gasteiger partial charge on any atom is 0.0641 e. The predicted octanol–water partition coefficient (Wildman–Crippen LogP) is 3.36. The Balaban J connectivity index is 1.89. The second-order valence-corrected chi connectivity index (χ2v) is 7.62. The van der Waals surface area contributed by atoms with Gasteiger partial charge in [-0.1, -0.05) is 20.8 Å². The molecule has 1 heterocycles. The zero-order chi connectivity index (χ0) is 12.7. The van der Waals surface area contributed by atoms with Crippen molar-refractivity contribution in [2.45, 2.75) is 78.0 Å². The van der Waals surface area contributed by atoms with Crippen LogP contribution in [0.4, 0.5) is 0 Å². The summed E-state index contributed by atoms with van der Waals surface area (Å²) >= 11 is 0. The number of ether oxygens (including phenoxy) is 1. The molecular weight excluding hydrogens is 210 g/mol. The normalized spacial score (nSPS) is 40.4. The minimum atomic E-state index is 0.0628. The Morgan fingerprint density at radius 2 is 1.76 bits per heavy atom. The SMILES string of the molecule is CC1CC(C)(C)CC1NC1CCOC(C)(C)C1. The second-order valence-electron chi connectivity index (χ2n) is 7.62. The molecule has 1 aliphatic heterocycles. The van der Waals surface area contributed by atoms with Gasteiger partial charge in [-0.25, -0.2) is 0 Å². The molecule has 3 atom stereocenters. The smallest absolute Gasteiger partial charge is 0.0641 e. The first-order valence-corrected chi connectivity index (χ1v) is 7.17. The van der Waals surface area contributed by atoms with Crippen LogP contribution in [0.15, 0.2) is 0 Å². The molecule has 17 heavy (non-hydrogen) atoms. The Kier molecular flexibility index (Phi) is 3.57. The zero-order valence-electron chi connectivity index (χ0n) is 12.2. The topological polar surface area (TPSA) is 21.3 Å². The van der Waals surface area contributed by atoms with Gasteiger partial charge in [-0.3, -0.25) is 0 Å². The van der Waals surface area contributed by atoms with E-state index in [1.807, 2.05) is 0 Å². The number of rotatable bonds is 2. The van der Waals surface area contributed by atoms with Gasteiger partial charge in [0.1, 0.15) is 0 Å². The van der Waals surface area contributed by atoms with Crippen LogP contribution in [-0.4, -0.2) is 24.3 Å². The molecule has 2 heteroatoms. The maximum atomic E-state index is 5.79. The summed E-state index contributed by atoms with van der Waals surface area (Å²) in [7, 11) is 0. The van der Waals surface area contributed by atoms with Gasteiger partial charge in [0.2, 0.25) is 0 Å². The van der Waals surface area contributed by atoms with Crippen molar-refractivity contribution in [3.63, 3.8) is 0 Å². The van der Waals surface area contributed by atoms with Crippen LogP contribution in [0.1, 0.15) is 60.3 Å². The van der Waals surface area contributed by atoms with Crippen LogP contribution < -0.4 is 5.32 Å². The molecule has 0 radical (unpaired) electrons. The first-order valence-electron chi connectivity index (χ1n) is 7.17. The lowest BCUT2D eigenvalue weighted by Crippen LogP contribution is -2.48. The highest BCUT2D eigenvalue weighted by Crippen LogP contribution is 2.41. The summed E-state index contributed by atoms with van der Waals surface area (Å²) in [6.07, 6.45) is 5.01. The van der Waals surface area contributed by atoms with Crippen LogP contribution in [0.25, 0.3) is 0 Å². The van der Waals surface area contributed by atoms with Gasteiger partial charge in [0, 0.05) is 18.7 Å². The third-order valence-corrected chi connectivity index (χ3v) is 4.48. The summed E-state index contributed by atoms with van der Waals surface area (Å²) in [5.74, 6) is 0.816. The van der Waals surface area contributed by atoms with Crippen LogP contribution >= 0.6 is 0 Å². The van der Waals surface area contributed by atoms with E-state index in [2.05, 4.69) is 39.9 Å². The van der Waals surface area contributed by atoms with Gasteiger partial charge in [0.25, 0.3) is 0 Å². The standard InChI is InChI=1S/C15H29NO/c1-11-8-14(2,3)10-13(11)16-12-6-7-17-15(4,5)9-12/h11-13,16H,6-10H2,1-5H3. The Hall–Kier alpha value is -0.0800. The third-order valence-electron chi connectivity index (χ3n) is 4.48. The summed E-state index contributed by atoms with van der Waals surface area (Å²) in [5.41, 5.74) is 0.588. The Bertz CT molecular complexity index is 272. The third kappa shape index (κ3) is 3.45. The fourth-order valence-corrected chi connectivity index (χ4v) is 3.79. The van der Waals surface area contributed by atoms with Gasteiger partial charge in [-0.15, -0.1) is 0 Å². The molecule has 1 saturated carbocycles. The molecule has 2 aliphatic rings. The van der Waals surface area contributed by atoms with E-state index in [0.717, 1.165) is 18.9 Å². The number of hydrogen-bond donors (Lipinski definition) is 1. The minimum Gasteiger partial charge on any atom is -0.375 e. The predicted molar refractivity (Wildman–Crippen MR) is 72.2 cm³/mol. The van der Waals surface area contributed by atoms with Crippen molar-refractivity contribution in [3.05, 3.63) is 0 Å². The Morgan fingerprint density at radius 1 is 1.06 bits per heavy atom. The highest BCUT2D eigenvalue weighted by atomic mass is 16.5. The molecule has 0 bridgehead atoms. The van der Waals surface area contributed by atoms with Gasteiger partial charge in [-0.05, 0) is 50.9 Å². The fraction of sp³-hybridized carbons (Fsp3) is 1.00. The van der Waals surface area contributed by atoms with E-state index in [0.29, 0.717) is 17.5 Å². The summed E-state index contributed by atoms with van der Waals surface area (Å²) in [6, 6.07) is 1.36. The van der Waals surface area contributed by atoms with Crippen LogP contribution in [0.5, 0.6) is 0 Å². The van der Waals surface area contributed by atoms with E-state index in [4.69, 9.17) is 4.74 Å². The lowest BCUT2D eigenvalue weighted by molar-refractivity contribution is -0.0646. The molecule has 2 nitrogen and oxygen atoms in total. The lowest BCUT2D eigenvalue weighted by Gasteiger charge is -2.38. The molecular formula is C15H29NO. The molecule has 0 amide bonds. The largest absolute Gasteiger partial charge is 0.375 e. The van der Waals surface area contributed by atoms with Crippen molar-refractivity contribution in [2.24, 2.45) is 11.3 Å². The van der Waals surface area contributed by atoms with E-state index in [1.54, 1.807) is 0 Å². The van der Waals surface area contributed by atoms with E-state index < -0.39 is 0 Å². The average Bonchev–Trinajstić information content (AvgIpc) is 2.37. The van der Waals surface area contributed by atoms with Crippen molar-refractivity contribution in [3.8, 4) is 0 Å². The highest BCUT2D eigenvalue weighted by molar-refractivity contribution is 4.94. The second kappa shape index (κ2) is 4.55. The number of nitrogens with one attached hydrogen (secondary N) is 1. The molecule has 0 aromatic carbocycles. The van der Waals surface area contributed by atoms with Crippen molar-refractivity contribution in [2.75, 3.05) is 6.61 Å². The molecule has 2 fully saturated rings. The molecule has 1 aliphatic carbocycles. The van der Waals surface area contributed by atoms with Crippen LogP contribution in [0.3, 0.4) is 0 Å². The summed E-state index contributed by atoms with van der Waals surface area (Å²) in [6.45, 7) is 12.5. The minimum absolute atomic E-state index is 0.0628. The fourth-order valence-electron chi connectivity index (χ4n) is 3.79. The summed E-state index contributed by atoms with van der Waals surface area (Å²) in [5, 5.41) is 3.90. The van der Waals surface area contributed by atoms with Crippen molar-refractivity contribution in [1.82, 2.24) is 5.32 Å². The molecule has 0 spiro atoms. The maximum absolute atomic E-state index is 5.79. The molecule has 100 valence electrons. The molecule has 3 unspecified atom stereocenters. The quantitative estimate of drug-likeness (QED) is 0.798. The van der Waals surface area contributed by atoms with Crippen LogP contribution in [0.2, 0.25) is 0 Å². The van der Waals surface area contributed by atoms with E-state index in [-0.39, 0.29) is 5.60 Å². The van der Waals surface area contributed by atoms with E-state index in [1.165, 1.54) is 19.3 Å². The van der Waals surface area contributed by atoms with Crippen molar-refractivity contribution in [1.29, 1.82) is 0 Å². The Labute approximate surface area is 107 Å². The molecule has 0 aromatic rings. The molecule has 2 rings (SSSR count). The van der Waals surface area contributed by atoms with Gasteiger partial charge < -0.3 is 10.1 Å². The zero-order valence-corrected chi connectivity index (χ0v) is 12.2. The van der Waals surface area contributed by atoms with Gasteiger partial charge >= 0.3 is 0 Å². The van der Waals surface area contributed by atoms with E-state index >= 15 is 0 Å². The van der Waals surface area contributed by atoms with Gasteiger partial charge in [-0.2, -0.15) is 0 Å². The van der Waals surface area contributed by atoms with Crippen molar-refractivity contribution < 1.29 is 4.74 Å². The first-order chi connectivity index (χ1) is 7.77. The lowest BCUT2D eigenvalue weighted by atomic mass is 9.90. The number of hydrogen-bond acceptors (Lipinski definition) is 2. The van der Waals surface area contributed by atoms with E-state index in [9.17, 15) is 0 Å². The first kappa shape index (κ1) is 13.4. The Morgan fingerprint density at radius 3 is 2.29 bits per heavy atom. The highest BCUT2D eigenvalue weighted by Gasteiger charge is 2.38. The average molecular weight is 239 g/mol. The van der Waals surface area contributed by atoms with Gasteiger partial charge in [0.15, 0.2) is 0 Å². The molecule has 1 saturated heterocycles. The molecule has 1 N–H and O–H groups in total.